The van der Waals surface area contributed by atoms with Crippen molar-refractivity contribution >= 4 is 11.9 Å². The van der Waals surface area contributed by atoms with Crippen LogP contribution in [0.4, 0.5) is 0 Å². The van der Waals surface area contributed by atoms with Gasteiger partial charge in [0.05, 0.1) is 32.6 Å². The number of nitrogens with one attached hydrogen (secondary N) is 1. The number of nitrogens with zero attached hydrogens (tertiary/aromatic N) is 6. The summed E-state index contributed by atoms with van der Waals surface area (Å²) in [6.07, 6.45) is 3.76. The predicted molar refractivity (Wildman–Crippen MR) is 110 cm³/mol. The Labute approximate surface area is 172 Å². The van der Waals surface area contributed by atoms with E-state index in [1.807, 2.05) is 19.4 Å². The molecule has 0 saturated carbocycles. The maximum absolute atomic E-state index is 12.1. The highest BCUT2D eigenvalue weighted by atomic mass is 16.5. The molecular formula is C19H33N7O3. The number of aryl methyl sites for hydroxylation is 1. The summed E-state index contributed by atoms with van der Waals surface area (Å²) in [6, 6.07) is 0. The Morgan fingerprint density at radius 3 is 2.79 bits per heavy atom. The van der Waals surface area contributed by atoms with Gasteiger partial charge in [-0.25, -0.2) is 4.99 Å². The van der Waals surface area contributed by atoms with Crippen molar-refractivity contribution in [2.24, 2.45) is 12.0 Å². The summed E-state index contributed by atoms with van der Waals surface area (Å²) in [5.41, 5.74) is 1.05. The van der Waals surface area contributed by atoms with E-state index in [0.717, 1.165) is 57.5 Å². The molecule has 3 heterocycles. The predicted octanol–water partition coefficient (Wildman–Crippen LogP) is -0.841. The van der Waals surface area contributed by atoms with Crippen LogP contribution in [0, 0.1) is 0 Å². The largest absolute Gasteiger partial charge is 0.379 e. The first-order chi connectivity index (χ1) is 14.0. The van der Waals surface area contributed by atoms with Gasteiger partial charge in [0.25, 0.3) is 0 Å². The molecule has 1 atom stereocenters. The molecule has 10 heteroatoms. The van der Waals surface area contributed by atoms with E-state index in [0.29, 0.717) is 13.2 Å². The van der Waals surface area contributed by atoms with E-state index in [2.05, 4.69) is 25.2 Å². The van der Waals surface area contributed by atoms with Gasteiger partial charge in [-0.1, -0.05) is 0 Å². The van der Waals surface area contributed by atoms with Gasteiger partial charge in [-0.15, -0.1) is 0 Å². The monoisotopic (exact) mass is 407 g/mol. The molecular weight excluding hydrogens is 374 g/mol. The minimum absolute atomic E-state index is 0.0189. The molecule has 0 bridgehead atoms. The standard InChI is InChI=1S/C19H33N7O3/c1-23(2)18(27)13-21-19(20-4-5-25-6-9-28-10-7-25)26-8-11-29-17(15-26)16-12-22-24(3)14-16/h12,14,17H,4-11,13,15H2,1-3H3,(H,20,21). The third-order valence-corrected chi connectivity index (χ3v) is 5.14. The van der Waals surface area contributed by atoms with Gasteiger partial charge in [0.1, 0.15) is 12.6 Å². The minimum atomic E-state index is -0.0618. The second-order valence-electron chi connectivity index (χ2n) is 7.56. The van der Waals surface area contributed by atoms with E-state index in [1.54, 1.807) is 23.7 Å². The number of rotatable bonds is 6. The number of aromatic nitrogens is 2. The lowest BCUT2D eigenvalue weighted by Crippen LogP contribution is -2.50. The van der Waals surface area contributed by atoms with Crippen molar-refractivity contribution in [3.8, 4) is 0 Å². The maximum atomic E-state index is 12.1. The average Bonchev–Trinajstić information content (AvgIpc) is 3.17. The molecule has 3 rings (SSSR count). The van der Waals surface area contributed by atoms with Crippen molar-refractivity contribution in [2.45, 2.75) is 6.10 Å². The number of hydrogen-bond acceptors (Lipinski definition) is 6. The van der Waals surface area contributed by atoms with Crippen molar-refractivity contribution in [1.29, 1.82) is 0 Å². The summed E-state index contributed by atoms with van der Waals surface area (Å²) in [6.45, 7) is 7.30. The zero-order valence-corrected chi connectivity index (χ0v) is 17.7. The minimum Gasteiger partial charge on any atom is -0.379 e. The number of carbonyl (C=O) groups excluding carboxylic acids is 1. The first kappa shape index (κ1) is 21.5. The molecule has 0 aliphatic carbocycles. The Balaban J connectivity index is 1.62. The fourth-order valence-corrected chi connectivity index (χ4v) is 3.35. The molecule has 1 aromatic heterocycles. The molecule has 1 aromatic rings. The van der Waals surface area contributed by atoms with Crippen LogP contribution < -0.4 is 5.32 Å². The van der Waals surface area contributed by atoms with Gasteiger partial charge in [0, 0.05) is 65.6 Å². The molecule has 2 fully saturated rings. The molecule has 2 saturated heterocycles. The summed E-state index contributed by atoms with van der Waals surface area (Å²) in [4.78, 5) is 22.8. The number of carbonyl (C=O) groups is 1. The topological polar surface area (TPSA) is 87.5 Å². The summed E-state index contributed by atoms with van der Waals surface area (Å²) < 4.78 is 13.1. The van der Waals surface area contributed by atoms with Crippen molar-refractivity contribution in [3.63, 3.8) is 0 Å². The van der Waals surface area contributed by atoms with Crippen LogP contribution >= 0.6 is 0 Å². The molecule has 0 spiro atoms. The number of ether oxygens (including phenoxy) is 2. The normalized spacial score (nSPS) is 21.3. The van der Waals surface area contributed by atoms with Crippen LogP contribution in [-0.4, -0.2) is 116 Å². The van der Waals surface area contributed by atoms with Gasteiger partial charge in [-0.3, -0.25) is 14.4 Å². The van der Waals surface area contributed by atoms with E-state index in [1.165, 1.54) is 0 Å². The van der Waals surface area contributed by atoms with Crippen LogP contribution in [0.3, 0.4) is 0 Å². The number of amides is 1. The molecule has 0 aromatic carbocycles. The third-order valence-electron chi connectivity index (χ3n) is 5.14. The highest BCUT2D eigenvalue weighted by Crippen LogP contribution is 2.21. The van der Waals surface area contributed by atoms with E-state index >= 15 is 0 Å². The van der Waals surface area contributed by atoms with E-state index in [4.69, 9.17) is 9.47 Å². The first-order valence-corrected chi connectivity index (χ1v) is 10.2. The van der Waals surface area contributed by atoms with Gasteiger partial charge in [-0.2, -0.15) is 5.10 Å². The third kappa shape index (κ3) is 6.41. The van der Waals surface area contributed by atoms with Crippen molar-refractivity contribution in [3.05, 3.63) is 18.0 Å². The van der Waals surface area contributed by atoms with Gasteiger partial charge < -0.3 is 24.6 Å². The zero-order valence-electron chi connectivity index (χ0n) is 17.7. The second kappa shape index (κ2) is 10.6. The Bertz CT molecular complexity index is 685. The quantitative estimate of drug-likeness (QED) is 0.486. The number of morpholine rings is 2. The van der Waals surface area contributed by atoms with Gasteiger partial charge >= 0.3 is 0 Å². The lowest BCUT2D eigenvalue weighted by Gasteiger charge is -2.35. The molecule has 29 heavy (non-hydrogen) atoms. The Morgan fingerprint density at radius 1 is 1.31 bits per heavy atom. The Morgan fingerprint density at radius 2 is 2.10 bits per heavy atom. The van der Waals surface area contributed by atoms with Crippen LogP contribution in [0.1, 0.15) is 11.7 Å². The van der Waals surface area contributed by atoms with E-state index in [9.17, 15) is 4.79 Å². The molecule has 0 radical (unpaired) electrons. The summed E-state index contributed by atoms with van der Waals surface area (Å²) in [5.74, 6) is 0.736. The lowest BCUT2D eigenvalue weighted by molar-refractivity contribution is -0.127. The molecule has 162 valence electrons. The fourth-order valence-electron chi connectivity index (χ4n) is 3.35. The molecule has 2 aliphatic rings. The van der Waals surface area contributed by atoms with Gasteiger partial charge in [0.15, 0.2) is 5.96 Å². The summed E-state index contributed by atoms with van der Waals surface area (Å²) >= 11 is 0. The van der Waals surface area contributed by atoms with Crippen LogP contribution in [-0.2, 0) is 21.3 Å². The van der Waals surface area contributed by atoms with E-state index in [-0.39, 0.29) is 18.6 Å². The second-order valence-corrected chi connectivity index (χ2v) is 7.56. The molecule has 1 N–H and O–H groups in total. The Hall–Kier alpha value is -2.17. The Kier molecular flexibility index (Phi) is 7.84. The molecule has 1 unspecified atom stereocenters. The first-order valence-electron chi connectivity index (χ1n) is 10.2. The fraction of sp³-hybridized carbons (Fsp3) is 0.737. The molecule has 2 aliphatic heterocycles. The smallest absolute Gasteiger partial charge is 0.243 e. The van der Waals surface area contributed by atoms with Crippen molar-refractivity contribution in [1.82, 2.24) is 29.8 Å². The summed E-state index contributed by atoms with van der Waals surface area (Å²) in [5, 5.41) is 7.70. The van der Waals surface area contributed by atoms with Crippen LogP contribution in [0.2, 0.25) is 0 Å². The number of hydrogen-bond donors (Lipinski definition) is 1. The highest BCUT2D eigenvalue weighted by molar-refractivity contribution is 5.85. The lowest BCUT2D eigenvalue weighted by atomic mass is 10.1. The number of guanidine groups is 1. The van der Waals surface area contributed by atoms with Gasteiger partial charge in [-0.05, 0) is 0 Å². The number of aliphatic imine (C=N–C) groups is 1. The van der Waals surface area contributed by atoms with Crippen LogP contribution in [0.15, 0.2) is 17.4 Å². The van der Waals surface area contributed by atoms with Crippen molar-refractivity contribution in [2.75, 3.05) is 79.7 Å². The molecule has 10 nitrogen and oxygen atoms in total. The zero-order chi connectivity index (χ0) is 20.6. The van der Waals surface area contributed by atoms with Crippen molar-refractivity contribution < 1.29 is 14.3 Å². The number of likely N-dealkylation sites (N-methyl/N-ethyl adjacent to an activating group) is 1. The average molecular weight is 408 g/mol. The summed E-state index contributed by atoms with van der Waals surface area (Å²) in [7, 11) is 5.39. The highest BCUT2D eigenvalue weighted by Gasteiger charge is 2.25. The SMILES string of the molecule is CN(C)C(=O)CN=C(NCCN1CCOCC1)N1CCOC(c2cnn(C)c2)C1. The van der Waals surface area contributed by atoms with Gasteiger partial charge in [0.2, 0.25) is 5.91 Å². The molecule has 1 amide bonds. The van der Waals surface area contributed by atoms with Crippen LogP contribution in [0.5, 0.6) is 0 Å². The maximum Gasteiger partial charge on any atom is 0.243 e. The van der Waals surface area contributed by atoms with E-state index < -0.39 is 0 Å². The van der Waals surface area contributed by atoms with Crippen LogP contribution in [0.25, 0.3) is 0 Å².